The molecule has 1 fully saturated rings. The first kappa shape index (κ1) is 7.19. The van der Waals surface area contributed by atoms with Crippen LogP contribution in [0.5, 0.6) is 0 Å². The minimum absolute atomic E-state index is 0.310. The summed E-state index contributed by atoms with van der Waals surface area (Å²) in [6.45, 7) is 0.310. The van der Waals surface area contributed by atoms with Crippen molar-refractivity contribution >= 4 is 11.8 Å². The highest BCUT2D eigenvalue weighted by Gasteiger charge is 2.38. The average molecular weight is 166 g/mol. The van der Waals surface area contributed by atoms with Gasteiger partial charge in [0.1, 0.15) is 0 Å². The second kappa shape index (κ2) is 2.88. The molecule has 1 aromatic rings. The normalized spacial score (nSPS) is 28.5. The van der Waals surface area contributed by atoms with Crippen LogP contribution in [0.25, 0.3) is 0 Å². The van der Waals surface area contributed by atoms with Crippen LogP contribution in [-0.4, -0.2) is 17.0 Å². The van der Waals surface area contributed by atoms with Crippen molar-refractivity contribution in [3.05, 3.63) is 35.9 Å². The molecule has 0 radical (unpaired) electrons. The molecular formula is C9H10OS. The van der Waals surface area contributed by atoms with E-state index in [1.807, 2.05) is 30.0 Å². The molecule has 0 unspecified atom stereocenters. The summed E-state index contributed by atoms with van der Waals surface area (Å²) < 4.78 is 0. The fourth-order valence-electron chi connectivity index (χ4n) is 1.22. The Morgan fingerprint density at radius 1 is 1.27 bits per heavy atom. The molecule has 0 bridgehead atoms. The molecule has 0 saturated carbocycles. The molecule has 2 heteroatoms. The quantitative estimate of drug-likeness (QED) is 0.676. The lowest BCUT2D eigenvalue weighted by Crippen LogP contribution is -1.93. The Balaban J connectivity index is 2.09. The van der Waals surface area contributed by atoms with Crippen molar-refractivity contribution in [2.75, 3.05) is 6.61 Å². The predicted octanol–water partition coefficient (Wildman–Crippen LogP) is 1.84. The van der Waals surface area contributed by atoms with Crippen LogP contribution >= 0.6 is 11.8 Å². The molecule has 1 saturated heterocycles. The first-order chi connectivity index (χ1) is 5.42. The summed E-state index contributed by atoms with van der Waals surface area (Å²) in [6, 6.07) is 10.3. The van der Waals surface area contributed by atoms with Gasteiger partial charge in [0.05, 0.1) is 6.61 Å². The Morgan fingerprint density at radius 3 is 2.55 bits per heavy atom. The minimum Gasteiger partial charge on any atom is -0.395 e. The zero-order valence-electron chi connectivity index (χ0n) is 6.10. The van der Waals surface area contributed by atoms with Crippen molar-refractivity contribution in [3.63, 3.8) is 0 Å². The lowest BCUT2D eigenvalue weighted by molar-refractivity contribution is 0.302. The zero-order chi connectivity index (χ0) is 7.68. The Morgan fingerprint density at radius 2 is 2.00 bits per heavy atom. The molecule has 0 aromatic heterocycles. The number of rotatable bonds is 2. The van der Waals surface area contributed by atoms with Crippen molar-refractivity contribution in [1.82, 2.24) is 0 Å². The summed E-state index contributed by atoms with van der Waals surface area (Å²) in [7, 11) is 0. The third-order valence-electron chi connectivity index (χ3n) is 1.89. The van der Waals surface area contributed by atoms with Gasteiger partial charge in [-0.05, 0) is 5.56 Å². The fraction of sp³-hybridized carbons (Fsp3) is 0.333. The SMILES string of the molecule is OC[C@H]1S[C@@H]1c1ccccc1. The van der Waals surface area contributed by atoms with E-state index in [2.05, 4.69) is 12.1 Å². The van der Waals surface area contributed by atoms with Crippen LogP contribution in [0.3, 0.4) is 0 Å². The van der Waals surface area contributed by atoms with Crippen LogP contribution < -0.4 is 0 Å². The molecule has 58 valence electrons. The van der Waals surface area contributed by atoms with Crippen molar-refractivity contribution in [2.24, 2.45) is 0 Å². The second-order valence-corrected chi connectivity index (χ2v) is 4.07. The molecule has 0 amide bonds. The number of hydrogen-bond acceptors (Lipinski definition) is 2. The van der Waals surface area contributed by atoms with Gasteiger partial charge in [-0.25, -0.2) is 0 Å². The Kier molecular flexibility index (Phi) is 1.88. The molecule has 1 heterocycles. The molecule has 1 aromatic carbocycles. The highest BCUT2D eigenvalue weighted by Crippen LogP contribution is 2.54. The molecule has 2 rings (SSSR count). The number of benzene rings is 1. The summed E-state index contributed by atoms with van der Waals surface area (Å²) in [5.41, 5.74) is 1.34. The van der Waals surface area contributed by atoms with Crippen molar-refractivity contribution in [2.45, 2.75) is 10.5 Å². The molecule has 0 spiro atoms. The number of aliphatic hydroxyl groups is 1. The van der Waals surface area contributed by atoms with Crippen LogP contribution in [0.4, 0.5) is 0 Å². The second-order valence-electron chi connectivity index (χ2n) is 2.69. The standard InChI is InChI=1S/C9H10OS/c10-6-8-9(11-8)7-4-2-1-3-5-7/h1-5,8-10H,6H2/t8-,9-/m1/s1. The molecule has 11 heavy (non-hydrogen) atoms. The zero-order valence-corrected chi connectivity index (χ0v) is 6.92. The van der Waals surface area contributed by atoms with Gasteiger partial charge in [-0.15, -0.1) is 11.8 Å². The van der Waals surface area contributed by atoms with E-state index in [-0.39, 0.29) is 0 Å². The Hall–Kier alpha value is -0.470. The van der Waals surface area contributed by atoms with Gasteiger partial charge in [0.2, 0.25) is 0 Å². The Bertz CT molecular complexity index is 235. The number of hydrogen-bond donors (Lipinski definition) is 1. The van der Waals surface area contributed by atoms with Gasteiger partial charge < -0.3 is 5.11 Å². The van der Waals surface area contributed by atoms with Gasteiger partial charge in [-0.3, -0.25) is 0 Å². The molecular weight excluding hydrogens is 156 g/mol. The van der Waals surface area contributed by atoms with Crippen molar-refractivity contribution in [1.29, 1.82) is 0 Å². The van der Waals surface area contributed by atoms with Gasteiger partial charge in [0.25, 0.3) is 0 Å². The summed E-state index contributed by atoms with van der Waals surface area (Å²) >= 11 is 1.84. The van der Waals surface area contributed by atoms with E-state index >= 15 is 0 Å². The van der Waals surface area contributed by atoms with Crippen LogP contribution in [0, 0.1) is 0 Å². The smallest absolute Gasteiger partial charge is 0.0564 e. The van der Waals surface area contributed by atoms with Crippen LogP contribution in [0.1, 0.15) is 10.8 Å². The van der Waals surface area contributed by atoms with Gasteiger partial charge in [-0.1, -0.05) is 30.3 Å². The summed E-state index contributed by atoms with van der Waals surface area (Å²) in [5.74, 6) is 0. The molecule has 0 aliphatic carbocycles. The number of thioether (sulfide) groups is 1. The van der Waals surface area contributed by atoms with E-state index in [4.69, 9.17) is 5.11 Å². The largest absolute Gasteiger partial charge is 0.395 e. The topological polar surface area (TPSA) is 20.2 Å². The minimum atomic E-state index is 0.310. The van der Waals surface area contributed by atoms with Gasteiger partial charge >= 0.3 is 0 Å². The highest BCUT2D eigenvalue weighted by molar-refractivity contribution is 8.07. The predicted molar refractivity (Wildman–Crippen MR) is 47.6 cm³/mol. The van der Waals surface area contributed by atoms with Crippen LogP contribution in [0.2, 0.25) is 0 Å². The number of aliphatic hydroxyl groups excluding tert-OH is 1. The Labute approximate surface area is 70.4 Å². The molecule has 1 N–H and O–H groups in total. The van der Waals surface area contributed by atoms with Crippen molar-refractivity contribution in [3.8, 4) is 0 Å². The third-order valence-corrected chi connectivity index (χ3v) is 3.24. The molecule has 1 nitrogen and oxygen atoms in total. The maximum absolute atomic E-state index is 8.82. The first-order valence-electron chi connectivity index (χ1n) is 3.73. The fourth-order valence-corrected chi connectivity index (χ4v) is 2.15. The van der Waals surface area contributed by atoms with Gasteiger partial charge in [0, 0.05) is 10.5 Å². The molecule has 2 atom stereocenters. The monoisotopic (exact) mass is 166 g/mol. The first-order valence-corrected chi connectivity index (χ1v) is 4.67. The van der Waals surface area contributed by atoms with E-state index in [0.717, 1.165) is 0 Å². The van der Waals surface area contributed by atoms with E-state index in [9.17, 15) is 0 Å². The van der Waals surface area contributed by atoms with E-state index < -0.39 is 0 Å². The molecule has 1 aliphatic rings. The van der Waals surface area contributed by atoms with E-state index in [0.29, 0.717) is 17.1 Å². The summed E-state index contributed by atoms with van der Waals surface area (Å²) in [4.78, 5) is 0. The maximum atomic E-state index is 8.82. The average Bonchev–Trinajstić information content (AvgIpc) is 2.85. The lowest BCUT2D eigenvalue weighted by Gasteiger charge is -1.94. The third kappa shape index (κ3) is 1.42. The van der Waals surface area contributed by atoms with Gasteiger partial charge in [0.15, 0.2) is 0 Å². The molecule has 1 aliphatic heterocycles. The summed E-state index contributed by atoms with van der Waals surface area (Å²) in [6.07, 6.45) is 0. The lowest BCUT2D eigenvalue weighted by atomic mass is 10.1. The van der Waals surface area contributed by atoms with E-state index in [1.165, 1.54) is 5.56 Å². The van der Waals surface area contributed by atoms with E-state index in [1.54, 1.807) is 0 Å². The van der Waals surface area contributed by atoms with Crippen LogP contribution in [0.15, 0.2) is 30.3 Å². The van der Waals surface area contributed by atoms with Crippen LogP contribution in [-0.2, 0) is 0 Å². The highest BCUT2D eigenvalue weighted by atomic mass is 32.2. The van der Waals surface area contributed by atoms with Gasteiger partial charge in [-0.2, -0.15) is 0 Å². The summed E-state index contributed by atoms with van der Waals surface area (Å²) in [5, 5.41) is 9.83. The van der Waals surface area contributed by atoms with Crippen molar-refractivity contribution < 1.29 is 5.11 Å². The maximum Gasteiger partial charge on any atom is 0.0564 e.